The van der Waals surface area contributed by atoms with Crippen molar-refractivity contribution in [2.75, 3.05) is 6.54 Å². The van der Waals surface area contributed by atoms with Crippen LogP contribution in [0.4, 0.5) is 0 Å². The van der Waals surface area contributed by atoms with Gasteiger partial charge in [-0.3, -0.25) is 24.5 Å². The molecule has 0 atom stereocenters. The Morgan fingerprint density at radius 2 is 1.43 bits per heavy atom. The van der Waals surface area contributed by atoms with Gasteiger partial charge in [0.1, 0.15) is 0 Å². The quantitative estimate of drug-likeness (QED) is 0.525. The minimum absolute atomic E-state index is 0.00935. The van der Waals surface area contributed by atoms with Crippen LogP contribution < -0.4 is 16.4 Å². The summed E-state index contributed by atoms with van der Waals surface area (Å²) >= 11 is 0. The standard InChI is InChI=1S/C8H16N2O2.C8H15NO2/c1-7(11)10-6-4-2-3-5-8(9)12;1-3-4-5-6-8(11)9-7(2)10/h2-6H2,1H3,(H2,9,12)(H,10,11);3-6H2,1-2H3,(H,9,10,11). The SMILES string of the molecule is CC(=O)NCCCCCC(N)=O.CCCCCC(=O)NC(C)=O. The first kappa shape index (κ1) is 23.3. The van der Waals surface area contributed by atoms with Crippen molar-refractivity contribution >= 4 is 23.6 Å². The summed E-state index contributed by atoms with van der Waals surface area (Å²) in [6.07, 6.45) is 6.58. The Morgan fingerprint density at radius 1 is 0.826 bits per heavy atom. The lowest BCUT2D eigenvalue weighted by Crippen LogP contribution is -2.27. The summed E-state index contributed by atoms with van der Waals surface area (Å²) in [5, 5.41) is 4.90. The summed E-state index contributed by atoms with van der Waals surface area (Å²) < 4.78 is 0. The van der Waals surface area contributed by atoms with E-state index in [0.717, 1.165) is 38.5 Å². The van der Waals surface area contributed by atoms with E-state index in [4.69, 9.17) is 5.73 Å². The molecule has 0 bridgehead atoms. The van der Waals surface area contributed by atoms with Crippen LogP contribution in [0.25, 0.3) is 0 Å². The van der Waals surface area contributed by atoms with Crippen molar-refractivity contribution in [3.05, 3.63) is 0 Å². The molecule has 0 aliphatic rings. The zero-order valence-electron chi connectivity index (χ0n) is 14.6. The largest absolute Gasteiger partial charge is 0.370 e. The molecular weight excluding hydrogens is 298 g/mol. The van der Waals surface area contributed by atoms with Crippen molar-refractivity contribution in [3.63, 3.8) is 0 Å². The lowest BCUT2D eigenvalue weighted by Gasteiger charge is -2.00. The van der Waals surface area contributed by atoms with Gasteiger partial charge in [-0.1, -0.05) is 26.2 Å². The highest BCUT2D eigenvalue weighted by molar-refractivity contribution is 5.93. The monoisotopic (exact) mass is 329 g/mol. The first-order valence-electron chi connectivity index (χ1n) is 8.12. The Labute approximate surface area is 138 Å². The van der Waals surface area contributed by atoms with Crippen molar-refractivity contribution < 1.29 is 19.2 Å². The maximum Gasteiger partial charge on any atom is 0.226 e. The zero-order valence-corrected chi connectivity index (χ0v) is 14.6. The van der Waals surface area contributed by atoms with Crippen LogP contribution in [0.15, 0.2) is 0 Å². The van der Waals surface area contributed by atoms with E-state index in [2.05, 4.69) is 17.6 Å². The molecule has 0 radical (unpaired) electrons. The maximum atomic E-state index is 10.8. The second kappa shape index (κ2) is 16.5. The molecule has 0 fully saturated rings. The molecule has 134 valence electrons. The number of unbranched alkanes of at least 4 members (excludes halogenated alkanes) is 4. The molecule has 7 nitrogen and oxygen atoms in total. The fourth-order valence-corrected chi connectivity index (χ4v) is 1.66. The van der Waals surface area contributed by atoms with E-state index in [9.17, 15) is 19.2 Å². The van der Waals surface area contributed by atoms with E-state index in [-0.39, 0.29) is 23.6 Å². The van der Waals surface area contributed by atoms with Gasteiger partial charge in [-0.15, -0.1) is 0 Å². The molecule has 0 spiro atoms. The molecule has 0 aliphatic heterocycles. The number of hydrogen-bond donors (Lipinski definition) is 3. The van der Waals surface area contributed by atoms with Gasteiger partial charge in [0.2, 0.25) is 23.6 Å². The Morgan fingerprint density at radius 3 is 1.91 bits per heavy atom. The number of nitrogens with one attached hydrogen (secondary N) is 2. The molecule has 4 N–H and O–H groups in total. The second-order valence-corrected chi connectivity index (χ2v) is 5.32. The molecular formula is C16H31N3O4. The Balaban J connectivity index is 0. The molecule has 0 saturated heterocycles. The molecule has 0 aromatic carbocycles. The summed E-state index contributed by atoms with van der Waals surface area (Å²) in [5.41, 5.74) is 4.95. The van der Waals surface area contributed by atoms with Gasteiger partial charge >= 0.3 is 0 Å². The molecule has 0 heterocycles. The summed E-state index contributed by atoms with van der Waals surface area (Å²) in [6, 6.07) is 0. The van der Waals surface area contributed by atoms with Crippen LogP contribution in [0.2, 0.25) is 0 Å². The van der Waals surface area contributed by atoms with Crippen LogP contribution in [0, 0.1) is 0 Å². The van der Waals surface area contributed by atoms with Crippen LogP contribution in [-0.4, -0.2) is 30.2 Å². The number of nitrogens with two attached hydrogens (primary N) is 1. The molecule has 7 heteroatoms. The highest BCUT2D eigenvalue weighted by atomic mass is 16.2. The summed E-state index contributed by atoms with van der Waals surface area (Å²) in [7, 11) is 0. The molecule has 0 unspecified atom stereocenters. The lowest BCUT2D eigenvalue weighted by atomic mass is 10.2. The van der Waals surface area contributed by atoms with Crippen molar-refractivity contribution in [2.45, 2.75) is 72.1 Å². The molecule has 0 aromatic heterocycles. The number of amides is 4. The van der Waals surface area contributed by atoms with E-state index in [0.29, 0.717) is 19.4 Å². The van der Waals surface area contributed by atoms with Gasteiger partial charge in [0.05, 0.1) is 0 Å². The van der Waals surface area contributed by atoms with Crippen molar-refractivity contribution in [3.8, 4) is 0 Å². The van der Waals surface area contributed by atoms with E-state index in [1.54, 1.807) is 0 Å². The molecule has 0 rings (SSSR count). The van der Waals surface area contributed by atoms with Crippen LogP contribution in [-0.2, 0) is 19.2 Å². The average Bonchev–Trinajstić information content (AvgIpc) is 2.42. The van der Waals surface area contributed by atoms with Gasteiger partial charge in [-0.2, -0.15) is 0 Å². The molecule has 0 aromatic rings. The van der Waals surface area contributed by atoms with E-state index in [1.807, 2.05) is 0 Å². The first-order chi connectivity index (χ1) is 10.8. The molecule has 4 amide bonds. The molecule has 0 aliphatic carbocycles. The van der Waals surface area contributed by atoms with E-state index >= 15 is 0 Å². The molecule has 0 saturated carbocycles. The normalized spacial score (nSPS) is 9.35. The number of hydrogen-bond acceptors (Lipinski definition) is 4. The predicted molar refractivity (Wildman–Crippen MR) is 89.3 cm³/mol. The van der Waals surface area contributed by atoms with Crippen molar-refractivity contribution in [1.82, 2.24) is 10.6 Å². The third-order valence-corrected chi connectivity index (χ3v) is 2.80. The van der Waals surface area contributed by atoms with Gasteiger partial charge in [0, 0.05) is 33.2 Å². The number of carbonyl (C=O) groups is 4. The number of imide groups is 1. The smallest absolute Gasteiger partial charge is 0.226 e. The third-order valence-electron chi connectivity index (χ3n) is 2.80. The number of rotatable bonds is 10. The van der Waals surface area contributed by atoms with Gasteiger partial charge in [0.25, 0.3) is 0 Å². The zero-order chi connectivity index (χ0) is 18.1. The minimum Gasteiger partial charge on any atom is -0.370 e. The topological polar surface area (TPSA) is 118 Å². The molecule has 23 heavy (non-hydrogen) atoms. The summed E-state index contributed by atoms with van der Waals surface area (Å²) in [4.78, 5) is 41.8. The first-order valence-corrected chi connectivity index (χ1v) is 8.12. The van der Waals surface area contributed by atoms with Gasteiger partial charge in [0.15, 0.2) is 0 Å². The van der Waals surface area contributed by atoms with Crippen LogP contribution in [0.3, 0.4) is 0 Å². The van der Waals surface area contributed by atoms with Gasteiger partial charge < -0.3 is 11.1 Å². The summed E-state index contributed by atoms with van der Waals surface area (Å²) in [5.74, 6) is -0.697. The Bertz CT molecular complexity index is 352. The van der Waals surface area contributed by atoms with Gasteiger partial charge in [-0.25, -0.2) is 0 Å². The Kier molecular flexibility index (Phi) is 16.7. The van der Waals surface area contributed by atoms with Crippen LogP contribution >= 0.6 is 0 Å². The fraction of sp³-hybridized carbons (Fsp3) is 0.750. The number of carbonyl (C=O) groups excluding carboxylic acids is 4. The Hall–Kier alpha value is -1.92. The summed E-state index contributed by atoms with van der Waals surface area (Å²) in [6.45, 7) is 5.60. The van der Waals surface area contributed by atoms with Crippen LogP contribution in [0.5, 0.6) is 0 Å². The number of primary amides is 1. The van der Waals surface area contributed by atoms with Gasteiger partial charge in [-0.05, 0) is 19.3 Å². The second-order valence-electron chi connectivity index (χ2n) is 5.32. The fourth-order valence-electron chi connectivity index (χ4n) is 1.66. The highest BCUT2D eigenvalue weighted by Crippen LogP contribution is 1.98. The average molecular weight is 329 g/mol. The van der Waals surface area contributed by atoms with Crippen molar-refractivity contribution in [2.24, 2.45) is 5.73 Å². The van der Waals surface area contributed by atoms with E-state index in [1.165, 1.54) is 13.8 Å². The maximum absolute atomic E-state index is 10.8. The van der Waals surface area contributed by atoms with Crippen LogP contribution in [0.1, 0.15) is 72.1 Å². The minimum atomic E-state index is -0.272. The lowest BCUT2D eigenvalue weighted by molar-refractivity contribution is -0.129. The van der Waals surface area contributed by atoms with Crippen molar-refractivity contribution in [1.29, 1.82) is 0 Å². The van der Waals surface area contributed by atoms with E-state index < -0.39 is 0 Å². The third kappa shape index (κ3) is 25.4. The predicted octanol–water partition coefficient (Wildman–Crippen LogP) is 1.40. The highest BCUT2D eigenvalue weighted by Gasteiger charge is 2.01.